The molecule has 0 N–H and O–H groups in total. The van der Waals surface area contributed by atoms with Gasteiger partial charge in [-0.1, -0.05) is 214 Å². The van der Waals surface area contributed by atoms with Crippen molar-refractivity contribution in [2.24, 2.45) is 0 Å². The van der Waals surface area contributed by atoms with Crippen LogP contribution in [-0.2, 0) is 28.6 Å². The van der Waals surface area contributed by atoms with Gasteiger partial charge < -0.3 is 14.2 Å². The molecule has 0 aliphatic rings. The van der Waals surface area contributed by atoms with Crippen LogP contribution in [-0.4, -0.2) is 37.2 Å². The van der Waals surface area contributed by atoms with E-state index in [1.807, 2.05) is 0 Å². The van der Waals surface area contributed by atoms with E-state index >= 15 is 0 Å². The molecule has 0 fully saturated rings. The Morgan fingerprint density at radius 3 is 0.926 bits per heavy atom. The maximum atomic E-state index is 12.8. The standard InChI is InChI=1S/C62H102O6/c1-4-7-10-13-16-19-22-25-28-31-32-35-37-40-43-46-49-52-55-61(64)67-58-59(68-62(65)56-53-50-47-44-41-38-34-30-27-24-21-18-15-12-9-6-3)57-66-60(63)54-51-48-45-42-39-36-33-29-26-23-20-17-14-11-8-5-2/h8-9,11-12,17-18,20-21,26-27,29-30,32,35-36,38-39,41,59H,4-7,10,13-16,19,22-25,28,31,33-34,37,40,42-58H2,1-3H3/b11-8-,12-9-,20-17-,21-18-,29-26-,30-27-,35-32-,39-36-,41-38-. The van der Waals surface area contributed by atoms with Crippen molar-refractivity contribution in [1.29, 1.82) is 0 Å². The summed E-state index contributed by atoms with van der Waals surface area (Å²) in [5.41, 5.74) is 0. The summed E-state index contributed by atoms with van der Waals surface area (Å²) in [5.74, 6) is -0.980. The Morgan fingerprint density at radius 1 is 0.309 bits per heavy atom. The van der Waals surface area contributed by atoms with Crippen LogP contribution in [0.25, 0.3) is 0 Å². The molecule has 1 unspecified atom stereocenters. The Bertz CT molecular complexity index is 1410. The van der Waals surface area contributed by atoms with Gasteiger partial charge >= 0.3 is 17.9 Å². The molecule has 0 saturated heterocycles. The van der Waals surface area contributed by atoms with E-state index in [4.69, 9.17) is 14.2 Å². The van der Waals surface area contributed by atoms with Crippen molar-refractivity contribution in [1.82, 2.24) is 0 Å². The lowest BCUT2D eigenvalue weighted by Gasteiger charge is -2.18. The highest BCUT2D eigenvalue weighted by atomic mass is 16.6. The number of unbranched alkanes of at least 4 members (excludes halogenated alkanes) is 20. The normalized spacial score (nSPS) is 12.9. The Hall–Kier alpha value is -3.93. The van der Waals surface area contributed by atoms with Crippen LogP contribution in [0.5, 0.6) is 0 Å². The van der Waals surface area contributed by atoms with E-state index in [-0.39, 0.29) is 37.5 Å². The highest BCUT2D eigenvalue weighted by Gasteiger charge is 2.19. The van der Waals surface area contributed by atoms with Crippen LogP contribution < -0.4 is 0 Å². The average Bonchev–Trinajstić information content (AvgIpc) is 3.34. The molecule has 0 aromatic heterocycles. The van der Waals surface area contributed by atoms with Crippen LogP contribution in [0.15, 0.2) is 109 Å². The summed E-state index contributed by atoms with van der Waals surface area (Å²) in [7, 11) is 0. The van der Waals surface area contributed by atoms with Gasteiger partial charge in [0.2, 0.25) is 0 Å². The van der Waals surface area contributed by atoms with E-state index in [9.17, 15) is 14.4 Å². The van der Waals surface area contributed by atoms with E-state index < -0.39 is 6.10 Å². The maximum absolute atomic E-state index is 12.8. The minimum absolute atomic E-state index is 0.107. The van der Waals surface area contributed by atoms with Gasteiger partial charge in [0.1, 0.15) is 13.2 Å². The molecular formula is C62H102O6. The van der Waals surface area contributed by atoms with Crippen molar-refractivity contribution < 1.29 is 28.6 Å². The number of rotatable bonds is 49. The van der Waals surface area contributed by atoms with Crippen molar-refractivity contribution in [3.8, 4) is 0 Å². The molecule has 0 radical (unpaired) electrons. The Kier molecular flexibility index (Phi) is 52.4. The molecule has 0 aromatic carbocycles. The first-order valence-corrected chi connectivity index (χ1v) is 27.9. The molecule has 6 heteroatoms. The van der Waals surface area contributed by atoms with Crippen LogP contribution in [0.3, 0.4) is 0 Å². The second-order valence-electron chi connectivity index (χ2n) is 18.1. The number of hydrogen-bond acceptors (Lipinski definition) is 6. The van der Waals surface area contributed by atoms with Crippen LogP contribution in [0.4, 0.5) is 0 Å². The fraction of sp³-hybridized carbons (Fsp3) is 0.661. The predicted octanol–water partition coefficient (Wildman–Crippen LogP) is 18.7. The molecule has 0 aromatic rings. The number of esters is 3. The van der Waals surface area contributed by atoms with E-state index in [2.05, 4.69) is 130 Å². The van der Waals surface area contributed by atoms with Gasteiger partial charge in [-0.2, -0.15) is 0 Å². The van der Waals surface area contributed by atoms with Gasteiger partial charge in [-0.25, -0.2) is 0 Å². The third kappa shape index (κ3) is 53.0. The lowest BCUT2D eigenvalue weighted by molar-refractivity contribution is -0.167. The van der Waals surface area contributed by atoms with Gasteiger partial charge in [0.05, 0.1) is 0 Å². The minimum atomic E-state index is -0.814. The third-order valence-corrected chi connectivity index (χ3v) is 11.5. The van der Waals surface area contributed by atoms with Crippen LogP contribution in [0, 0.1) is 0 Å². The smallest absolute Gasteiger partial charge is 0.306 e. The molecule has 386 valence electrons. The van der Waals surface area contributed by atoms with Crippen LogP contribution >= 0.6 is 0 Å². The fourth-order valence-corrected chi connectivity index (χ4v) is 7.36. The molecule has 0 aliphatic carbocycles. The van der Waals surface area contributed by atoms with Gasteiger partial charge in [0.25, 0.3) is 0 Å². The zero-order chi connectivity index (χ0) is 49.3. The molecule has 0 spiro atoms. The number of allylic oxidation sites excluding steroid dienone is 18. The largest absolute Gasteiger partial charge is 0.462 e. The van der Waals surface area contributed by atoms with Gasteiger partial charge in [-0.05, 0) is 122 Å². The first kappa shape index (κ1) is 64.1. The first-order valence-electron chi connectivity index (χ1n) is 27.9. The van der Waals surface area contributed by atoms with E-state index in [1.165, 1.54) is 70.6 Å². The fourth-order valence-electron chi connectivity index (χ4n) is 7.36. The van der Waals surface area contributed by atoms with Crippen molar-refractivity contribution in [3.63, 3.8) is 0 Å². The van der Waals surface area contributed by atoms with E-state index in [1.54, 1.807) is 0 Å². The van der Waals surface area contributed by atoms with Crippen molar-refractivity contribution in [2.75, 3.05) is 13.2 Å². The SMILES string of the molecule is CC/C=C\C/C=C\C/C=C\C/C=C\CCCCCC(=O)OCC(COC(=O)CCCCCCC/C=C\CCCCCCCCCCC)OC(=O)CCCCC/C=C\C/C=C\C/C=C\C/C=C\CC. The highest BCUT2D eigenvalue weighted by Crippen LogP contribution is 2.14. The Morgan fingerprint density at radius 2 is 0.574 bits per heavy atom. The topological polar surface area (TPSA) is 78.9 Å². The Labute approximate surface area is 419 Å². The van der Waals surface area contributed by atoms with Crippen molar-refractivity contribution in [3.05, 3.63) is 109 Å². The summed E-state index contributed by atoms with van der Waals surface area (Å²) in [4.78, 5) is 38.1. The molecule has 6 nitrogen and oxygen atoms in total. The summed E-state index contributed by atoms with van der Waals surface area (Å²) in [6.45, 7) is 6.35. The average molecular weight is 943 g/mol. The lowest BCUT2D eigenvalue weighted by Crippen LogP contribution is -2.30. The Balaban J connectivity index is 4.51. The molecule has 0 heterocycles. The second kappa shape index (κ2) is 55.7. The van der Waals surface area contributed by atoms with Gasteiger partial charge in [-0.15, -0.1) is 0 Å². The predicted molar refractivity (Wildman–Crippen MR) is 293 cm³/mol. The highest BCUT2D eigenvalue weighted by molar-refractivity contribution is 5.71. The maximum Gasteiger partial charge on any atom is 0.306 e. The summed E-state index contributed by atoms with van der Waals surface area (Å²) in [5, 5.41) is 0. The van der Waals surface area contributed by atoms with Gasteiger partial charge in [-0.3, -0.25) is 14.4 Å². The zero-order valence-electron chi connectivity index (χ0n) is 44.1. The molecule has 0 amide bonds. The third-order valence-electron chi connectivity index (χ3n) is 11.5. The quantitative estimate of drug-likeness (QED) is 0.0262. The monoisotopic (exact) mass is 943 g/mol. The number of ether oxygens (including phenoxy) is 3. The van der Waals surface area contributed by atoms with E-state index in [0.717, 1.165) is 135 Å². The molecule has 0 bridgehead atoms. The van der Waals surface area contributed by atoms with Gasteiger partial charge in [0, 0.05) is 19.3 Å². The lowest BCUT2D eigenvalue weighted by atomic mass is 10.1. The van der Waals surface area contributed by atoms with Crippen molar-refractivity contribution in [2.45, 2.75) is 252 Å². The molecular weight excluding hydrogens is 841 g/mol. The molecule has 68 heavy (non-hydrogen) atoms. The molecule has 0 saturated carbocycles. The number of carbonyl (C=O) groups is 3. The number of carbonyl (C=O) groups excluding carboxylic acids is 3. The molecule has 0 aliphatic heterocycles. The van der Waals surface area contributed by atoms with Crippen LogP contribution in [0.2, 0.25) is 0 Å². The first-order chi connectivity index (χ1) is 33.5. The molecule has 1 atom stereocenters. The molecule has 0 rings (SSSR count). The van der Waals surface area contributed by atoms with Gasteiger partial charge in [0.15, 0.2) is 6.10 Å². The van der Waals surface area contributed by atoms with Crippen LogP contribution in [0.1, 0.15) is 245 Å². The minimum Gasteiger partial charge on any atom is -0.462 e. The summed E-state index contributed by atoms with van der Waals surface area (Å²) in [6, 6.07) is 0. The summed E-state index contributed by atoms with van der Waals surface area (Å²) >= 11 is 0. The van der Waals surface area contributed by atoms with E-state index in [0.29, 0.717) is 12.8 Å². The summed E-state index contributed by atoms with van der Waals surface area (Å²) in [6.07, 6.45) is 75.1. The zero-order valence-corrected chi connectivity index (χ0v) is 44.1. The summed E-state index contributed by atoms with van der Waals surface area (Å²) < 4.78 is 16.8. The van der Waals surface area contributed by atoms with Crippen molar-refractivity contribution >= 4 is 17.9 Å². The second-order valence-corrected chi connectivity index (χ2v) is 18.1. The number of hydrogen-bond donors (Lipinski definition) is 0.